The second-order valence-corrected chi connectivity index (χ2v) is 6.91. The van der Waals surface area contributed by atoms with Crippen molar-refractivity contribution in [2.24, 2.45) is 11.8 Å². The standard InChI is InChI=1S/C21H34O4/c1-3-4-7-10-18(22)15-13-17-14-16-20(23)19(17)11-8-5-6-9-12-21(24)25-2/h5,7-8,10,17-19,22H,3-4,6,9,11-16H2,1-2H3/b8-5-,10-7-/t17-,18?,19+/m0/s1. The summed E-state index contributed by atoms with van der Waals surface area (Å²) >= 11 is 0. The van der Waals surface area contributed by atoms with Crippen LogP contribution >= 0.6 is 0 Å². The molecule has 1 N–H and O–H groups in total. The minimum Gasteiger partial charge on any atom is -0.469 e. The molecular formula is C21H34O4. The largest absolute Gasteiger partial charge is 0.469 e. The number of Topliss-reactive ketones (excluding diaryl/α,β-unsaturated/α-hetero) is 1. The third kappa shape index (κ3) is 9.01. The van der Waals surface area contributed by atoms with Gasteiger partial charge in [0.15, 0.2) is 0 Å². The lowest BCUT2D eigenvalue weighted by Crippen LogP contribution is -2.16. The number of ether oxygens (including phenoxy) is 1. The van der Waals surface area contributed by atoms with Gasteiger partial charge in [0.1, 0.15) is 5.78 Å². The molecule has 142 valence electrons. The van der Waals surface area contributed by atoms with Crippen molar-refractivity contribution in [2.45, 2.75) is 77.2 Å². The van der Waals surface area contributed by atoms with E-state index < -0.39 is 6.10 Å². The summed E-state index contributed by atoms with van der Waals surface area (Å²) < 4.78 is 4.61. The van der Waals surface area contributed by atoms with Crippen molar-refractivity contribution in [1.82, 2.24) is 0 Å². The molecule has 0 aromatic rings. The minimum atomic E-state index is -0.392. The summed E-state index contributed by atoms with van der Waals surface area (Å²) in [5.74, 6) is 0.677. The van der Waals surface area contributed by atoms with Crippen LogP contribution < -0.4 is 0 Å². The molecule has 4 nitrogen and oxygen atoms in total. The van der Waals surface area contributed by atoms with Crippen LogP contribution in [0.1, 0.15) is 71.1 Å². The lowest BCUT2D eigenvalue weighted by Gasteiger charge is -2.18. The van der Waals surface area contributed by atoms with Crippen LogP contribution in [-0.2, 0) is 14.3 Å². The number of aliphatic hydroxyl groups is 1. The van der Waals surface area contributed by atoms with Crippen LogP contribution in [-0.4, -0.2) is 30.1 Å². The Labute approximate surface area is 152 Å². The van der Waals surface area contributed by atoms with Crippen molar-refractivity contribution >= 4 is 11.8 Å². The van der Waals surface area contributed by atoms with Crippen LogP contribution in [0, 0.1) is 11.8 Å². The molecule has 0 amide bonds. The molecule has 25 heavy (non-hydrogen) atoms. The van der Waals surface area contributed by atoms with E-state index in [2.05, 4.69) is 23.8 Å². The fourth-order valence-corrected chi connectivity index (χ4v) is 3.37. The highest BCUT2D eigenvalue weighted by atomic mass is 16.5. The van der Waals surface area contributed by atoms with E-state index in [-0.39, 0.29) is 11.9 Å². The summed E-state index contributed by atoms with van der Waals surface area (Å²) in [4.78, 5) is 23.2. The van der Waals surface area contributed by atoms with Crippen LogP contribution in [0.2, 0.25) is 0 Å². The van der Waals surface area contributed by atoms with Gasteiger partial charge >= 0.3 is 5.97 Å². The molecule has 0 bridgehead atoms. The number of esters is 1. The first-order chi connectivity index (χ1) is 12.1. The Kier molecular flexibility index (Phi) is 11.1. The predicted molar refractivity (Wildman–Crippen MR) is 100 cm³/mol. The molecule has 0 saturated heterocycles. The lowest BCUT2D eigenvalue weighted by atomic mass is 9.87. The van der Waals surface area contributed by atoms with Crippen molar-refractivity contribution in [3.8, 4) is 0 Å². The first kappa shape index (κ1) is 21.6. The maximum atomic E-state index is 12.1. The number of hydrogen-bond donors (Lipinski definition) is 1. The number of rotatable bonds is 12. The third-order valence-corrected chi connectivity index (χ3v) is 4.93. The molecule has 1 fully saturated rings. The van der Waals surface area contributed by atoms with Crippen molar-refractivity contribution < 1.29 is 19.4 Å². The summed E-state index contributed by atoms with van der Waals surface area (Å²) in [6, 6.07) is 0. The number of unbranched alkanes of at least 4 members (excludes halogenated alkanes) is 2. The maximum Gasteiger partial charge on any atom is 0.305 e. The van der Waals surface area contributed by atoms with E-state index in [1.165, 1.54) is 7.11 Å². The van der Waals surface area contributed by atoms with Crippen LogP contribution in [0.25, 0.3) is 0 Å². The fourth-order valence-electron chi connectivity index (χ4n) is 3.37. The molecule has 0 aliphatic heterocycles. The number of methoxy groups -OCH3 is 1. The zero-order chi connectivity index (χ0) is 18.5. The van der Waals surface area contributed by atoms with Gasteiger partial charge in [0.05, 0.1) is 13.2 Å². The highest BCUT2D eigenvalue weighted by Crippen LogP contribution is 2.35. The van der Waals surface area contributed by atoms with Gasteiger partial charge in [-0.1, -0.05) is 37.6 Å². The van der Waals surface area contributed by atoms with Crippen molar-refractivity contribution in [2.75, 3.05) is 7.11 Å². The minimum absolute atomic E-state index is 0.101. The SMILES string of the molecule is CCC/C=C\C(O)CC[C@H]1CCC(=O)[C@@H]1C/C=C\CCCC(=O)OC. The molecule has 0 aromatic carbocycles. The molecular weight excluding hydrogens is 316 g/mol. The zero-order valence-electron chi connectivity index (χ0n) is 15.8. The van der Waals surface area contributed by atoms with E-state index in [9.17, 15) is 14.7 Å². The Morgan fingerprint density at radius 2 is 2.12 bits per heavy atom. The van der Waals surface area contributed by atoms with Gasteiger partial charge in [0, 0.05) is 18.8 Å². The smallest absolute Gasteiger partial charge is 0.305 e. The summed E-state index contributed by atoms with van der Waals surface area (Å²) in [6.07, 6.45) is 15.9. The Morgan fingerprint density at radius 1 is 1.32 bits per heavy atom. The summed E-state index contributed by atoms with van der Waals surface area (Å²) in [6.45, 7) is 2.12. The molecule has 1 rings (SSSR count). The predicted octanol–water partition coefficient (Wildman–Crippen LogP) is 4.37. The molecule has 1 aliphatic rings. The van der Waals surface area contributed by atoms with Crippen molar-refractivity contribution in [3.63, 3.8) is 0 Å². The van der Waals surface area contributed by atoms with Gasteiger partial charge in [-0.25, -0.2) is 0 Å². The monoisotopic (exact) mass is 350 g/mol. The second-order valence-electron chi connectivity index (χ2n) is 6.91. The first-order valence-electron chi connectivity index (χ1n) is 9.67. The molecule has 3 atom stereocenters. The average Bonchev–Trinajstić information content (AvgIpc) is 2.96. The highest BCUT2D eigenvalue weighted by Gasteiger charge is 2.33. The molecule has 1 saturated carbocycles. The van der Waals surface area contributed by atoms with E-state index in [1.54, 1.807) is 0 Å². The second kappa shape index (κ2) is 12.9. The van der Waals surface area contributed by atoms with Crippen LogP contribution in [0.15, 0.2) is 24.3 Å². The fraction of sp³-hybridized carbons (Fsp3) is 0.714. The average molecular weight is 350 g/mol. The summed E-state index contributed by atoms with van der Waals surface area (Å²) in [5, 5.41) is 10.0. The van der Waals surface area contributed by atoms with Gasteiger partial charge in [0.2, 0.25) is 0 Å². The van der Waals surface area contributed by atoms with E-state index in [0.29, 0.717) is 24.5 Å². The van der Waals surface area contributed by atoms with Crippen LogP contribution in [0.3, 0.4) is 0 Å². The van der Waals surface area contributed by atoms with Gasteiger partial charge in [-0.15, -0.1) is 0 Å². The first-order valence-corrected chi connectivity index (χ1v) is 9.67. The van der Waals surface area contributed by atoms with Crippen LogP contribution in [0.5, 0.6) is 0 Å². The highest BCUT2D eigenvalue weighted by molar-refractivity contribution is 5.83. The van der Waals surface area contributed by atoms with Gasteiger partial charge in [-0.2, -0.15) is 0 Å². The number of allylic oxidation sites excluding steroid dienone is 3. The molecule has 1 unspecified atom stereocenters. The van der Waals surface area contributed by atoms with Crippen LogP contribution in [0.4, 0.5) is 0 Å². The molecule has 1 aliphatic carbocycles. The maximum absolute atomic E-state index is 12.1. The number of carbonyl (C=O) groups is 2. The van der Waals surface area contributed by atoms with Gasteiger partial charge in [-0.3, -0.25) is 9.59 Å². The van der Waals surface area contributed by atoms with E-state index in [4.69, 9.17) is 0 Å². The number of ketones is 1. The van der Waals surface area contributed by atoms with E-state index in [1.807, 2.05) is 12.2 Å². The molecule has 0 aromatic heterocycles. The molecule has 0 heterocycles. The van der Waals surface area contributed by atoms with Gasteiger partial charge in [-0.05, 0) is 50.9 Å². The topological polar surface area (TPSA) is 63.6 Å². The molecule has 0 spiro atoms. The Balaban J connectivity index is 2.31. The number of hydrogen-bond acceptors (Lipinski definition) is 4. The van der Waals surface area contributed by atoms with Crippen molar-refractivity contribution in [3.05, 3.63) is 24.3 Å². The molecule has 0 radical (unpaired) electrons. The Morgan fingerprint density at radius 3 is 2.84 bits per heavy atom. The van der Waals surface area contributed by atoms with Gasteiger partial charge in [0.25, 0.3) is 0 Å². The zero-order valence-corrected chi connectivity index (χ0v) is 15.8. The third-order valence-electron chi connectivity index (χ3n) is 4.93. The Bertz CT molecular complexity index is 453. The Hall–Kier alpha value is -1.42. The lowest BCUT2D eigenvalue weighted by molar-refractivity contribution is -0.140. The van der Waals surface area contributed by atoms with Gasteiger partial charge < -0.3 is 9.84 Å². The summed E-state index contributed by atoms with van der Waals surface area (Å²) in [7, 11) is 1.40. The number of carbonyl (C=O) groups excluding carboxylic acids is 2. The van der Waals surface area contributed by atoms with E-state index >= 15 is 0 Å². The quantitative estimate of drug-likeness (QED) is 0.322. The summed E-state index contributed by atoms with van der Waals surface area (Å²) in [5.41, 5.74) is 0. The van der Waals surface area contributed by atoms with Crippen molar-refractivity contribution in [1.29, 1.82) is 0 Å². The molecule has 4 heteroatoms. The number of aliphatic hydroxyl groups excluding tert-OH is 1. The van der Waals surface area contributed by atoms with E-state index in [0.717, 1.165) is 51.4 Å². The normalized spacial score (nSPS) is 22.1.